The minimum Gasteiger partial charge on any atom is -0.308 e. The number of aryl methyl sites for hydroxylation is 1. The van der Waals surface area contributed by atoms with E-state index in [4.69, 9.17) is 5.10 Å². The Labute approximate surface area is 154 Å². The van der Waals surface area contributed by atoms with Gasteiger partial charge in [0.2, 0.25) is 0 Å². The molecule has 3 rings (SSSR count). The minimum absolute atomic E-state index is 0.200. The van der Waals surface area contributed by atoms with Crippen LogP contribution in [0.2, 0.25) is 0 Å². The van der Waals surface area contributed by atoms with Crippen LogP contribution in [0.1, 0.15) is 57.0 Å². The highest BCUT2D eigenvalue weighted by Crippen LogP contribution is 2.31. The van der Waals surface area contributed by atoms with Gasteiger partial charge in [0.05, 0.1) is 22.6 Å². The smallest absolute Gasteiger partial charge is 0.145 e. The molecule has 1 N–H and O–H groups in total. The van der Waals surface area contributed by atoms with Gasteiger partial charge < -0.3 is 5.32 Å². The average molecular weight is 362 g/mol. The van der Waals surface area contributed by atoms with Crippen LogP contribution in [0.5, 0.6) is 0 Å². The highest BCUT2D eigenvalue weighted by Gasteiger charge is 2.27. The molecule has 0 unspecified atom stereocenters. The molecule has 142 valence electrons. The maximum atomic E-state index is 14.1. The predicted molar refractivity (Wildman–Crippen MR) is 99.3 cm³/mol. The van der Waals surface area contributed by atoms with Crippen molar-refractivity contribution in [2.45, 2.75) is 78.2 Å². The molecule has 1 saturated carbocycles. The van der Waals surface area contributed by atoms with E-state index in [0.717, 1.165) is 28.9 Å². The molecule has 0 bridgehead atoms. The third-order valence-electron chi connectivity index (χ3n) is 5.08. The van der Waals surface area contributed by atoms with Crippen molar-refractivity contribution in [2.75, 3.05) is 0 Å². The van der Waals surface area contributed by atoms with Crippen LogP contribution < -0.4 is 5.32 Å². The summed E-state index contributed by atoms with van der Waals surface area (Å²) in [4.78, 5) is 4.17. The van der Waals surface area contributed by atoms with Gasteiger partial charge in [0.1, 0.15) is 12.0 Å². The molecule has 0 spiro atoms. The van der Waals surface area contributed by atoms with Gasteiger partial charge in [-0.05, 0) is 65.5 Å². The van der Waals surface area contributed by atoms with Crippen LogP contribution in [0.4, 0.5) is 8.78 Å². The van der Waals surface area contributed by atoms with Crippen molar-refractivity contribution in [3.05, 3.63) is 35.0 Å². The number of rotatable bonds is 4. The van der Waals surface area contributed by atoms with Crippen molar-refractivity contribution >= 4 is 0 Å². The van der Waals surface area contributed by atoms with E-state index in [9.17, 15) is 8.78 Å². The Morgan fingerprint density at radius 1 is 1.27 bits per heavy atom. The van der Waals surface area contributed by atoms with Gasteiger partial charge in [-0.2, -0.15) is 5.10 Å². The van der Waals surface area contributed by atoms with Crippen molar-refractivity contribution in [1.29, 1.82) is 0 Å². The summed E-state index contributed by atoms with van der Waals surface area (Å²) in [6.45, 7) is 10.5. The number of halogens is 2. The van der Waals surface area contributed by atoms with Gasteiger partial charge in [-0.1, -0.05) is 0 Å². The lowest BCUT2D eigenvalue weighted by Crippen LogP contribution is -2.27. The van der Waals surface area contributed by atoms with Crippen molar-refractivity contribution in [2.24, 2.45) is 0 Å². The van der Waals surface area contributed by atoms with Crippen molar-refractivity contribution in [1.82, 2.24) is 20.1 Å². The molecule has 0 saturated heterocycles. The van der Waals surface area contributed by atoms with E-state index in [1.165, 1.54) is 6.07 Å². The first-order chi connectivity index (χ1) is 12.2. The maximum absolute atomic E-state index is 14.1. The van der Waals surface area contributed by atoms with E-state index < -0.39 is 6.17 Å². The zero-order valence-electron chi connectivity index (χ0n) is 16.2. The summed E-state index contributed by atoms with van der Waals surface area (Å²) in [5, 5.41) is 8.23. The first-order valence-electron chi connectivity index (χ1n) is 9.25. The van der Waals surface area contributed by atoms with E-state index in [1.54, 1.807) is 13.1 Å². The minimum atomic E-state index is -0.696. The molecular formula is C20H28F2N4. The number of hydrogen-bond acceptors (Lipinski definition) is 3. The van der Waals surface area contributed by atoms with Gasteiger partial charge in [-0.15, -0.1) is 0 Å². The standard InChI is InChI=1S/C20H28F2N4/c1-12-18(11-24-16-7-6-15(21)9-16)25-26(20(3,4)5)19(12)14-8-17(22)13(2)23-10-14/h8,10,15-16,24H,6-7,9,11H2,1-5H3/t15-,16+/m1/s1. The second-order valence-electron chi connectivity index (χ2n) is 8.28. The van der Waals surface area contributed by atoms with Gasteiger partial charge in [-0.25, -0.2) is 8.78 Å². The SMILES string of the molecule is Cc1ncc(-c2c(C)c(CN[C@H]3CC[C@@H](F)C3)nn2C(C)(C)C)cc1F. The molecule has 2 aromatic rings. The molecular weight excluding hydrogens is 334 g/mol. The van der Waals surface area contributed by atoms with Crippen LogP contribution in [-0.4, -0.2) is 27.0 Å². The Bertz CT molecular complexity index is 792. The van der Waals surface area contributed by atoms with E-state index in [2.05, 4.69) is 31.1 Å². The molecule has 2 atom stereocenters. The number of nitrogens with zero attached hydrogens (tertiary/aromatic N) is 3. The van der Waals surface area contributed by atoms with Gasteiger partial charge in [0, 0.05) is 24.3 Å². The van der Waals surface area contributed by atoms with Crippen LogP contribution in [0.15, 0.2) is 12.3 Å². The number of alkyl halides is 1. The molecule has 0 radical (unpaired) electrons. The quantitative estimate of drug-likeness (QED) is 0.875. The van der Waals surface area contributed by atoms with Crippen LogP contribution in [0, 0.1) is 19.7 Å². The fourth-order valence-electron chi connectivity index (χ4n) is 3.52. The topological polar surface area (TPSA) is 42.7 Å². The van der Waals surface area contributed by atoms with Crippen LogP contribution in [-0.2, 0) is 12.1 Å². The lowest BCUT2D eigenvalue weighted by atomic mass is 10.0. The first kappa shape index (κ1) is 19.0. The molecule has 0 aliphatic heterocycles. The van der Waals surface area contributed by atoms with E-state index in [0.29, 0.717) is 25.1 Å². The molecule has 26 heavy (non-hydrogen) atoms. The maximum Gasteiger partial charge on any atom is 0.145 e. The largest absolute Gasteiger partial charge is 0.308 e. The Morgan fingerprint density at radius 3 is 2.58 bits per heavy atom. The lowest BCUT2D eigenvalue weighted by molar-refractivity contribution is 0.332. The lowest BCUT2D eigenvalue weighted by Gasteiger charge is -2.23. The second kappa shape index (κ2) is 7.06. The molecule has 1 fully saturated rings. The van der Waals surface area contributed by atoms with Gasteiger partial charge in [0.25, 0.3) is 0 Å². The summed E-state index contributed by atoms with van der Waals surface area (Å²) < 4.78 is 29.4. The molecule has 6 heteroatoms. The normalized spacial score (nSPS) is 20.7. The van der Waals surface area contributed by atoms with Gasteiger partial charge >= 0.3 is 0 Å². The third kappa shape index (κ3) is 3.80. The summed E-state index contributed by atoms with van der Waals surface area (Å²) in [7, 11) is 0. The van der Waals surface area contributed by atoms with Crippen LogP contribution in [0.25, 0.3) is 11.3 Å². The third-order valence-corrected chi connectivity index (χ3v) is 5.08. The summed E-state index contributed by atoms with van der Waals surface area (Å²) in [6, 6.07) is 1.72. The van der Waals surface area contributed by atoms with Crippen molar-refractivity contribution in [3.8, 4) is 11.3 Å². The zero-order chi connectivity index (χ0) is 19.1. The Hall–Kier alpha value is -1.82. The molecule has 1 aliphatic carbocycles. The van der Waals surface area contributed by atoms with Crippen molar-refractivity contribution < 1.29 is 8.78 Å². The summed E-state index contributed by atoms with van der Waals surface area (Å²) in [5.74, 6) is -0.317. The zero-order valence-corrected chi connectivity index (χ0v) is 16.2. The highest BCUT2D eigenvalue weighted by molar-refractivity contribution is 5.64. The monoisotopic (exact) mass is 362 g/mol. The first-order valence-corrected chi connectivity index (χ1v) is 9.25. The van der Waals surface area contributed by atoms with E-state index >= 15 is 0 Å². The molecule has 4 nitrogen and oxygen atoms in total. The Kier molecular flexibility index (Phi) is 5.15. The number of hydrogen-bond donors (Lipinski definition) is 1. The fourth-order valence-corrected chi connectivity index (χ4v) is 3.52. The van der Waals surface area contributed by atoms with Gasteiger partial charge in [-0.3, -0.25) is 9.67 Å². The molecule has 2 aromatic heterocycles. The average Bonchev–Trinajstić information content (AvgIpc) is 3.11. The molecule has 0 aromatic carbocycles. The molecule has 1 aliphatic rings. The summed E-state index contributed by atoms with van der Waals surface area (Å²) >= 11 is 0. The number of nitrogens with one attached hydrogen (secondary N) is 1. The Balaban J connectivity index is 1.94. The highest BCUT2D eigenvalue weighted by atomic mass is 19.1. The number of aromatic nitrogens is 3. The predicted octanol–water partition coefficient (Wildman–Crippen LogP) is 4.44. The molecule has 0 amide bonds. The molecule has 2 heterocycles. The fraction of sp³-hybridized carbons (Fsp3) is 0.600. The van der Waals surface area contributed by atoms with Crippen LogP contribution in [0.3, 0.4) is 0 Å². The summed E-state index contributed by atoms with van der Waals surface area (Å²) in [5.41, 5.74) is 3.67. The van der Waals surface area contributed by atoms with Crippen LogP contribution >= 0.6 is 0 Å². The second-order valence-corrected chi connectivity index (χ2v) is 8.28. The van der Waals surface area contributed by atoms with E-state index in [-0.39, 0.29) is 17.4 Å². The van der Waals surface area contributed by atoms with Crippen molar-refractivity contribution in [3.63, 3.8) is 0 Å². The Morgan fingerprint density at radius 2 is 2.00 bits per heavy atom. The van der Waals surface area contributed by atoms with Gasteiger partial charge in [0.15, 0.2) is 0 Å². The summed E-state index contributed by atoms with van der Waals surface area (Å²) in [6.07, 6.45) is 3.07. The number of pyridine rings is 1. The van der Waals surface area contributed by atoms with E-state index in [1.807, 2.05) is 11.6 Å².